The fourth-order valence-corrected chi connectivity index (χ4v) is 2.45. The molecule has 2 aromatic rings. The van der Waals surface area contributed by atoms with Crippen molar-refractivity contribution in [1.82, 2.24) is 5.32 Å². The van der Waals surface area contributed by atoms with Crippen molar-refractivity contribution in [2.75, 3.05) is 27.9 Å². The Bertz CT molecular complexity index is 717. The number of nitrogens with two attached hydrogens (primary N) is 1. The summed E-state index contributed by atoms with van der Waals surface area (Å²) in [4.78, 5) is 4.35. The number of aliphatic imine (C=N–C) groups is 1. The first-order valence-electron chi connectivity index (χ1n) is 8.04. The van der Waals surface area contributed by atoms with E-state index in [1.807, 2.05) is 42.5 Å². The molecule has 0 amide bonds. The molecule has 0 spiro atoms. The zero-order valence-corrected chi connectivity index (χ0v) is 14.9. The third-order valence-electron chi connectivity index (χ3n) is 3.77. The van der Waals surface area contributed by atoms with E-state index in [4.69, 9.17) is 19.9 Å². The summed E-state index contributed by atoms with van der Waals surface area (Å²) in [7, 11) is 4.89. The van der Waals surface area contributed by atoms with E-state index in [1.165, 1.54) is 0 Å². The minimum Gasteiger partial charge on any atom is -0.496 e. The molecule has 0 heterocycles. The minimum atomic E-state index is 0.407. The number of ether oxygens (including phenoxy) is 3. The molecule has 6 nitrogen and oxygen atoms in total. The second kappa shape index (κ2) is 9.42. The Morgan fingerprint density at radius 3 is 2.40 bits per heavy atom. The van der Waals surface area contributed by atoms with Crippen LogP contribution in [0.3, 0.4) is 0 Å². The standard InChI is InChI=1S/C19H25N3O3/c1-23-16-7-5-4-6-15(16)10-11-21-19(20)22-13-14-8-9-17(24-2)18(12-14)25-3/h4-9,12H,10-11,13H2,1-3H3,(H3,20,21,22). The lowest BCUT2D eigenvalue weighted by Gasteiger charge is -2.10. The summed E-state index contributed by atoms with van der Waals surface area (Å²) >= 11 is 0. The van der Waals surface area contributed by atoms with Crippen molar-refractivity contribution in [3.8, 4) is 17.2 Å². The molecule has 134 valence electrons. The molecule has 0 aliphatic carbocycles. The predicted molar refractivity (Wildman–Crippen MR) is 99.6 cm³/mol. The van der Waals surface area contributed by atoms with Gasteiger partial charge in [0.05, 0.1) is 27.9 Å². The van der Waals surface area contributed by atoms with Gasteiger partial charge in [-0.15, -0.1) is 0 Å². The van der Waals surface area contributed by atoms with E-state index >= 15 is 0 Å². The molecule has 25 heavy (non-hydrogen) atoms. The first kappa shape index (κ1) is 18.4. The Kier molecular flexibility index (Phi) is 6.95. The zero-order chi connectivity index (χ0) is 18.1. The van der Waals surface area contributed by atoms with Crippen molar-refractivity contribution in [2.24, 2.45) is 10.7 Å². The third kappa shape index (κ3) is 5.31. The SMILES string of the molecule is COc1ccccc1CCNC(N)=NCc1ccc(OC)c(OC)c1. The number of nitrogens with zero attached hydrogens (tertiary/aromatic N) is 1. The van der Waals surface area contributed by atoms with E-state index in [-0.39, 0.29) is 0 Å². The van der Waals surface area contributed by atoms with Gasteiger partial charge in [0.25, 0.3) is 0 Å². The van der Waals surface area contributed by atoms with E-state index in [0.29, 0.717) is 30.5 Å². The number of hydrogen-bond acceptors (Lipinski definition) is 4. The van der Waals surface area contributed by atoms with Gasteiger partial charge >= 0.3 is 0 Å². The minimum absolute atomic E-state index is 0.407. The van der Waals surface area contributed by atoms with Gasteiger partial charge in [-0.3, -0.25) is 0 Å². The van der Waals surface area contributed by atoms with Crippen LogP contribution in [0, 0.1) is 0 Å². The summed E-state index contributed by atoms with van der Waals surface area (Å²) in [6, 6.07) is 13.6. The number of hydrogen-bond donors (Lipinski definition) is 2. The second-order valence-corrected chi connectivity index (χ2v) is 5.38. The molecular weight excluding hydrogens is 318 g/mol. The molecule has 0 saturated heterocycles. The van der Waals surface area contributed by atoms with Crippen LogP contribution >= 0.6 is 0 Å². The fourth-order valence-electron chi connectivity index (χ4n) is 2.45. The van der Waals surface area contributed by atoms with Crippen LogP contribution in [0.4, 0.5) is 0 Å². The predicted octanol–water partition coefficient (Wildman–Crippen LogP) is 2.36. The quantitative estimate of drug-likeness (QED) is 0.568. The summed E-state index contributed by atoms with van der Waals surface area (Å²) in [5, 5.41) is 3.12. The molecule has 0 fully saturated rings. The monoisotopic (exact) mass is 343 g/mol. The average molecular weight is 343 g/mol. The van der Waals surface area contributed by atoms with Gasteiger partial charge < -0.3 is 25.3 Å². The Labute approximate surface area is 148 Å². The Morgan fingerprint density at radius 1 is 0.960 bits per heavy atom. The smallest absolute Gasteiger partial charge is 0.188 e. The Morgan fingerprint density at radius 2 is 1.68 bits per heavy atom. The van der Waals surface area contributed by atoms with E-state index < -0.39 is 0 Å². The lowest BCUT2D eigenvalue weighted by atomic mass is 10.1. The van der Waals surface area contributed by atoms with Crippen LogP contribution in [-0.2, 0) is 13.0 Å². The Balaban J connectivity index is 1.87. The summed E-state index contributed by atoms with van der Waals surface area (Å²) in [5.41, 5.74) is 8.06. The molecule has 3 N–H and O–H groups in total. The average Bonchev–Trinajstić information content (AvgIpc) is 2.66. The van der Waals surface area contributed by atoms with Crippen LogP contribution in [-0.4, -0.2) is 33.8 Å². The summed E-state index contributed by atoms with van der Waals surface area (Å²) in [5.74, 6) is 2.66. The van der Waals surface area contributed by atoms with Crippen LogP contribution in [0.5, 0.6) is 17.2 Å². The van der Waals surface area contributed by atoms with Gasteiger partial charge in [-0.25, -0.2) is 4.99 Å². The zero-order valence-electron chi connectivity index (χ0n) is 14.9. The largest absolute Gasteiger partial charge is 0.496 e. The van der Waals surface area contributed by atoms with Crippen LogP contribution in [0.1, 0.15) is 11.1 Å². The molecule has 0 radical (unpaired) electrons. The van der Waals surface area contributed by atoms with Crippen molar-refractivity contribution < 1.29 is 14.2 Å². The number of methoxy groups -OCH3 is 3. The highest BCUT2D eigenvalue weighted by Gasteiger charge is 2.04. The van der Waals surface area contributed by atoms with Gasteiger partial charge in [0.15, 0.2) is 17.5 Å². The van der Waals surface area contributed by atoms with Crippen LogP contribution in [0.15, 0.2) is 47.5 Å². The number of nitrogens with one attached hydrogen (secondary N) is 1. The van der Waals surface area contributed by atoms with Gasteiger partial charge in [0.2, 0.25) is 0 Å². The molecule has 2 aromatic carbocycles. The molecule has 2 rings (SSSR count). The van der Waals surface area contributed by atoms with Crippen LogP contribution in [0.2, 0.25) is 0 Å². The maximum Gasteiger partial charge on any atom is 0.188 e. The van der Waals surface area contributed by atoms with Crippen molar-refractivity contribution in [2.45, 2.75) is 13.0 Å². The van der Waals surface area contributed by atoms with Crippen molar-refractivity contribution in [3.63, 3.8) is 0 Å². The summed E-state index contributed by atoms with van der Waals surface area (Å²) in [6.07, 6.45) is 0.802. The molecular formula is C19H25N3O3. The van der Waals surface area contributed by atoms with Gasteiger partial charge in [-0.1, -0.05) is 24.3 Å². The number of guanidine groups is 1. The topological polar surface area (TPSA) is 78.1 Å². The molecule has 0 bridgehead atoms. The van der Waals surface area contributed by atoms with E-state index in [1.54, 1.807) is 21.3 Å². The number of para-hydroxylation sites is 1. The maximum absolute atomic E-state index is 5.93. The van der Waals surface area contributed by atoms with Crippen LogP contribution in [0.25, 0.3) is 0 Å². The summed E-state index contributed by atoms with van der Waals surface area (Å²) < 4.78 is 15.8. The van der Waals surface area contributed by atoms with Gasteiger partial charge in [-0.2, -0.15) is 0 Å². The highest BCUT2D eigenvalue weighted by atomic mass is 16.5. The van der Waals surface area contributed by atoms with E-state index in [9.17, 15) is 0 Å². The molecule has 6 heteroatoms. The molecule has 0 aliphatic rings. The van der Waals surface area contributed by atoms with E-state index in [0.717, 1.165) is 23.3 Å². The third-order valence-corrected chi connectivity index (χ3v) is 3.77. The van der Waals surface area contributed by atoms with Crippen molar-refractivity contribution in [1.29, 1.82) is 0 Å². The normalized spacial score (nSPS) is 11.1. The van der Waals surface area contributed by atoms with E-state index in [2.05, 4.69) is 10.3 Å². The van der Waals surface area contributed by atoms with Crippen molar-refractivity contribution >= 4 is 5.96 Å². The van der Waals surface area contributed by atoms with Gasteiger partial charge in [-0.05, 0) is 35.7 Å². The molecule has 0 atom stereocenters. The van der Waals surface area contributed by atoms with Gasteiger partial charge in [0.1, 0.15) is 5.75 Å². The second-order valence-electron chi connectivity index (χ2n) is 5.38. The first-order valence-corrected chi connectivity index (χ1v) is 8.04. The highest BCUT2D eigenvalue weighted by Crippen LogP contribution is 2.27. The number of rotatable bonds is 8. The molecule has 0 saturated carbocycles. The fraction of sp³-hybridized carbons (Fsp3) is 0.316. The maximum atomic E-state index is 5.93. The number of benzene rings is 2. The lowest BCUT2D eigenvalue weighted by molar-refractivity contribution is 0.354. The van der Waals surface area contributed by atoms with Crippen LogP contribution < -0.4 is 25.3 Å². The summed E-state index contributed by atoms with van der Waals surface area (Å²) in [6.45, 7) is 1.15. The lowest BCUT2D eigenvalue weighted by Crippen LogP contribution is -2.33. The molecule has 0 unspecified atom stereocenters. The van der Waals surface area contributed by atoms with Crippen molar-refractivity contribution in [3.05, 3.63) is 53.6 Å². The highest BCUT2D eigenvalue weighted by molar-refractivity contribution is 5.77. The molecule has 0 aromatic heterocycles. The van der Waals surface area contributed by atoms with Gasteiger partial charge in [0, 0.05) is 6.54 Å². The molecule has 0 aliphatic heterocycles. The Hall–Kier alpha value is -2.89. The first-order chi connectivity index (χ1) is 12.2.